The molecule has 4 heteroatoms. The van der Waals surface area contributed by atoms with Gasteiger partial charge in [0.25, 0.3) is 0 Å². The average molecular weight is 372 g/mol. The molecule has 4 atom stereocenters. The number of hydrogen-bond donors (Lipinski definition) is 1. The molecule has 26 heavy (non-hydrogen) atoms. The summed E-state index contributed by atoms with van der Waals surface area (Å²) in [5.41, 5.74) is 2.14. The van der Waals surface area contributed by atoms with Crippen molar-refractivity contribution in [1.29, 1.82) is 0 Å². The van der Waals surface area contributed by atoms with Crippen LogP contribution in [-0.4, -0.2) is 37.5 Å². The van der Waals surface area contributed by atoms with E-state index in [1.165, 1.54) is 5.56 Å². The van der Waals surface area contributed by atoms with Gasteiger partial charge < -0.3 is 9.53 Å². The van der Waals surface area contributed by atoms with Gasteiger partial charge >= 0.3 is 0 Å². The van der Waals surface area contributed by atoms with Crippen molar-refractivity contribution in [3.05, 3.63) is 71.8 Å². The summed E-state index contributed by atoms with van der Waals surface area (Å²) in [7, 11) is 0.348. The first-order valence-electron chi connectivity index (χ1n) is 9.38. The summed E-state index contributed by atoms with van der Waals surface area (Å²) in [5.74, 6) is 0. The van der Waals surface area contributed by atoms with Crippen LogP contribution in [-0.2, 0) is 4.43 Å². The average Bonchev–Trinajstić information content (AvgIpc) is 2.64. The van der Waals surface area contributed by atoms with E-state index in [-0.39, 0.29) is 18.2 Å². The molecule has 0 spiro atoms. The first-order chi connectivity index (χ1) is 12.2. The van der Waals surface area contributed by atoms with E-state index in [4.69, 9.17) is 4.43 Å². The number of likely N-dealkylation sites (N-methyl/N-ethyl adjacent to an activating group) is 1. The van der Waals surface area contributed by atoms with Crippen LogP contribution < -0.4 is 0 Å². The fraction of sp³-hybridized carbons (Fsp3) is 0.455. The highest BCUT2D eigenvalue weighted by Gasteiger charge is 2.32. The van der Waals surface area contributed by atoms with Gasteiger partial charge in [-0.2, -0.15) is 0 Å². The lowest BCUT2D eigenvalue weighted by atomic mass is 9.98. The monoisotopic (exact) mass is 371 g/mol. The Balaban J connectivity index is 2.22. The molecule has 2 aromatic rings. The largest absolute Gasteiger partial charge is 0.409 e. The van der Waals surface area contributed by atoms with E-state index in [0.29, 0.717) is 0 Å². The third kappa shape index (κ3) is 5.51. The summed E-state index contributed by atoms with van der Waals surface area (Å²) in [6.07, 6.45) is -0.551. The molecular formula is C22H33NO2Si. The topological polar surface area (TPSA) is 32.7 Å². The molecule has 0 aromatic heterocycles. The fourth-order valence-corrected chi connectivity index (χ4v) is 4.30. The van der Waals surface area contributed by atoms with E-state index < -0.39 is 14.4 Å². The van der Waals surface area contributed by atoms with Crippen LogP contribution in [0.3, 0.4) is 0 Å². The summed E-state index contributed by atoms with van der Waals surface area (Å²) >= 11 is 0. The van der Waals surface area contributed by atoms with E-state index in [9.17, 15) is 5.11 Å². The Bertz CT molecular complexity index is 657. The fourth-order valence-electron chi connectivity index (χ4n) is 3.20. The Hall–Kier alpha value is -1.46. The molecule has 0 amide bonds. The Morgan fingerprint density at radius 3 is 1.73 bits per heavy atom. The molecule has 0 aliphatic rings. The van der Waals surface area contributed by atoms with Crippen molar-refractivity contribution in [2.24, 2.45) is 0 Å². The van der Waals surface area contributed by atoms with Crippen LogP contribution in [0, 0.1) is 0 Å². The minimum absolute atomic E-state index is 0.0155. The van der Waals surface area contributed by atoms with Gasteiger partial charge in [0.05, 0.1) is 12.2 Å². The second kappa shape index (κ2) is 8.96. The summed E-state index contributed by atoms with van der Waals surface area (Å²) in [5, 5.41) is 10.8. The molecule has 2 aromatic carbocycles. The zero-order valence-electron chi connectivity index (χ0n) is 16.9. The Kier molecular flexibility index (Phi) is 7.18. The normalized spacial score (nSPS) is 16.9. The molecule has 3 nitrogen and oxygen atoms in total. The van der Waals surface area contributed by atoms with E-state index in [1.54, 1.807) is 0 Å². The number of rotatable bonds is 8. The van der Waals surface area contributed by atoms with Gasteiger partial charge in [-0.1, -0.05) is 60.7 Å². The van der Waals surface area contributed by atoms with Crippen LogP contribution >= 0.6 is 0 Å². The third-order valence-corrected chi connectivity index (χ3v) is 5.89. The van der Waals surface area contributed by atoms with E-state index in [0.717, 1.165) is 5.56 Å². The summed E-state index contributed by atoms with van der Waals surface area (Å²) in [4.78, 5) is 2.23. The number of aliphatic hydroxyl groups excluding tert-OH is 1. The Morgan fingerprint density at radius 1 is 0.808 bits per heavy atom. The van der Waals surface area contributed by atoms with Gasteiger partial charge in [-0.05, 0) is 51.7 Å². The molecule has 0 aliphatic heterocycles. The lowest BCUT2D eigenvalue weighted by Crippen LogP contribution is -2.46. The van der Waals surface area contributed by atoms with Crippen LogP contribution in [0.4, 0.5) is 0 Å². The minimum Gasteiger partial charge on any atom is -0.409 e. The number of aliphatic hydroxyl groups is 1. The van der Waals surface area contributed by atoms with Crippen LogP contribution in [0.2, 0.25) is 19.6 Å². The van der Waals surface area contributed by atoms with Gasteiger partial charge in [-0.3, -0.25) is 4.90 Å². The van der Waals surface area contributed by atoms with Crippen LogP contribution in [0.5, 0.6) is 0 Å². The molecule has 0 saturated heterocycles. The Labute approximate surface area is 159 Å². The summed E-state index contributed by atoms with van der Waals surface area (Å²) in [6.45, 7) is 10.9. The van der Waals surface area contributed by atoms with Crippen LogP contribution in [0.25, 0.3) is 0 Å². The van der Waals surface area contributed by atoms with Gasteiger partial charge in [0.1, 0.15) is 0 Å². The van der Waals surface area contributed by atoms with Gasteiger partial charge in [0, 0.05) is 12.1 Å². The minimum atomic E-state index is -1.73. The zero-order chi connectivity index (χ0) is 19.3. The molecule has 0 fully saturated rings. The van der Waals surface area contributed by atoms with Crippen molar-refractivity contribution in [2.45, 2.75) is 57.8 Å². The van der Waals surface area contributed by atoms with Gasteiger partial charge in [0.2, 0.25) is 0 Å². The molecule has 0 aliphatic carbocycles. The van der Waals surface area contributed by atoms with Crippen LogP contribution in [0.1, 0.15) is 37.2 Å². The standard InChI is InChI=1S/C22H33NO2Si/c1-17(21(24)19-13-9-7-10-14-19)23(3)18(2)22(25-26(4,5)6)20-15-11-8-12-16-20/h7-18,21-22,24H,1-6H3/t17-,18-,21-,22-/m0/s1. The second-order valence-electron chi connectivity index (χ2n) is 8.06. The first-order valence-corrected chi connectivity index (χ1v) is 12.8. The SMILES string of the molecule is C[C@@H]([C@H](O)c1ccccc1)N(C)[C@@H](C)[C@H](O[Si](C)(C)C)c1ccccc1. The van der Waals surface area contributed by atoms with Crippen molar-refractivity contribution in [3.8, 4) is 0 Å². The second-order valence-corrected chi connectivity index (χ2v) is 12.5. The summed E-state index contributed by atoms with van der Waals surface area (Å²) < 4.78 is 6.56. The van der Waals surface area contributed by atoms with Crippen molar-refractivity contribution < 1.29 is 9.53 Å². The molecule has 0 radical (unpaired) electrons. The lowest BCUT2D eigenvalue weighted by molar-refractivity contribution is 0.0112. The summed E-state index contributed by atoms with van der Waals surface area (Å²) in [6, 6.07) is 20.4. The maximum atomic E-state index is 10.8. The molecular weight excluding hydrogens is 338 g/mol. The molecule has 2 rings (SSSR count). The highest BCUT2D eigenvalue weighted by molar-refractivity contribution is 6.69. The predicted molar refractivity (Wildman–Crippen MR) is 112 cm³/mol. The molecule has 142 valence electrons. The van der Waals surface area contributed by atoms with Gasteiger partial charge in [-0.25, -0.2) is 0 Å². The Morgan fingerprint density at radius 2 is 1.27 bits per heavy atom. The number of hydrogen-bond acceptors (Lipinski definition) is 3. The lowest BCUT2D eigenvalue weighted by Gasteiger charge is -2.40. The quantitative estimate of drug-likeness (QED) is 0.661. The highest BCUT2D eigenvalue weighted by Crippen LogP contribution is 2.31. The molecule has 0 heterocycles. The molecule has 0 unspecified atom stereocenters. The van der Waals surface area contributed by atoms with Gasteiger partial charge in [0.15, 0.2) is 8.32 Å². The highest BCUT2D eigenvalue weighted by atomic mass is 28.4. The third-order valence-electron chi connectivity index (χ3n) is 4.93. The van der Waals surface area contributed by atoms with Crippen molar-refractivity contribution in [1.82, 2.24) is 4.90 Å². The number of benzene rings is 2. The maximum Gasteiger partial charge on any atom is 0.184 e. The predicted octanol–water partition coefficient (Wildman–Crippen LogP) is 5.02. The van der Waals surface area contributed by atoms with E-state index in [1.807, 2.05) is 36.4 Å². The van der Waals surface area contributed by atoms with Crippen molar-refractivity contribution >= 4 is 8.32 Å². The first kappa shape index (κ1) is 20.8. The zero-order valence-corrected chi connectivity index (χ0v) is 17.9. The van der Waals surface area contributed by atoms with Crippen LogP contribution in [0.15, 0.2) is 60.7 Å². The smallest absolute Gasteiger partial charge is 0.184 e. The maximum absolute atomic E-state index is 10.8. The molecule has 0 saturated carbocycles. The molecule has 0 bridgehead atoms. The van der Waals surface area contributed by atoms with Crippen molar-refractivity contribution in [3.63, 3.8) is 0 Å². The molecule has 1 N–H and O–H groups in total. The van der Waals surface area contributed by atoms with E-state index >= 15 is 0 Å². The van der Waals surface area contributed by atoms with E-state index in [2.05, 4.69) is 69.7 Å². The van der Waals surface area contributed by atoms with Crippen molar-refractivity contribution in [2.75, 3.05) is 7.05 Å². The number of nitrogens with zero attached hydrogens (tertiary/aromatic N) is 1. The van der Waals surface area contributed by atoms with Gasteiger partial charge in [-0.15, -0.1) is 0 Å².